The lowest BCUT2D eigenvalue weighted by Gasteiger charge is -2.39. The molecule has 118 valence electrons. The fourth-order valence-electron chi connectivity index (χ4n) is 3.31. The van der Waals surface area contributed by atoms with Gasteiger partial charge < -0.3 is 10.1 Å². The Morgan fingerprint density at radius 3 is 2.48 bits per heavy atom. The van der Waals surface area contributed by atoms with Crippen molar-refractivity contribution < 1.29 is 4.74 Å². The second-order valence-corrected chi connectivity index (χ2v) is 6.82. The SMILES string of the molecule is CNC(c1ccccc1)C(C)(C)CN(CCOC)C1CC1. The summed E-state index contributed by atoms with van der Waals surface area (Å²) in [4.78, 5) is 2.61. The number of nitrogens with zero attached hydrogens (tertiary/aromatic N) is 1. The Kier molecular flexibility index (Phi) is 5.80. The molecule has 1 aromatic carbocycles. The van der Waals surface area contributed by atoms with Crippen molar-refractivity contribution in [2.24, 2.45) is 5.41 Å². The van der Waals surface area contributed by atoms with Crippen molar-refractivity contribution in [3.8, 4) is 0 Å². The third kappa shape index (κ3) is 4.53. The van der Waals surface area contributed by atoms with Crippen LogP contribution in [0.4, 0.5) is 0 Å². The standard InChI is InChI=1S/C18H30N2O/c1-18(2,14-20(12-13-21-4)16-10-11-16)17(19-3)15-8-6-5-7-9-15/h5-9,16-17,19H,10-14H2,1-4H3. The summed E-state index contributed by atoms with van der Waals surface area (Å²) in [6, 6.07) is 11.9. The lowest BCUT2D eigenvalue weighted by Crippen LogP contribution is -2.44. The largest absolute Gasteiger partial charge is 0.383 e. The van der Waals surface area contributed by atoms with Crippen molar-refractivity contribution in [1.82, 2.24) is 10.2 Å². The minimum Gasteiger partial charge on any atom is -0.383 e. The molecular weight excluding hydrogens is 260 g/mol. The highest BCUT2D eigenvalue weighted by molar-refractivity contribution is 5.21. The van der Waals surface area contributed by atoms with E-state index in [1.165, 1.54) is 18.4 Å². The first-order valence-electron chi connectivity index (χ1n) is 8.03. The molecule has 2 rings (SSSR count). The smallest absolute Gasteiger partial charge is 0.0589 e. The average molecular weight is 290 g/mol. The molecule has 1 aliphatic carbocycles. The number of hydrogen-bond acceptors (Lipinski definition) is 3. The molecule has 1 atom stereocenters. The zero-order chi connectivity index (χ0) is 15.3. The Balaban J connectivity index is 2.07. The Bertz CT molecular complexity index is 414. The molecule has 0 heterocycles. The second-order valence-electron chi connectivity index (χ2n) is 6.82. The molecule has 1 fully saturated rings. The van der Waals surface area contributed by atoms with E-state index in [2.05, 4.69) is 61.4 Å². The van der Waals surface area contributed by atoms with Crippen LogP contribution in [0.3, 0.4) is 0 Å². The maximum atomic E-state index is 5.28. The molecule has 0 aliphatic heterocycles. The number of hydrogen-bond donors (Lipinski definition) is 1. The molecular formula is C18H30N2O. The Morgan fingerprint density at radius 2 is 1.95 bits per heavy atom. The van der Waals surface area contributed by atoms with E-state index in [0.29, 0.717) is 6.04 Å². The summed E-state index contributed by atoms with van der Waals surface area (Å²) in [7, 11) is 3.85. The van der Waals surface area contributed by atoms with Crippen molar-refractivity contribution in [3.63, 3.8) is 0 Å². The molecule has 1 aromatic rings. The number of nitrogens with one attached hydrogen (secondary N) is 1. The summed E-state index contributed by atoms with van der Waals surface area (Å²) in [5, 5.41) is 3.52. The van der Waals surface area contributed by atoms with Crippen molar-refractivity contribution >= 4 is 0 Å². The number of rotatable bonds is 9. The van der Waals surface area contributed by atoms with Crippen molar-refractivity contribution in [1.29, 1.82) is 0 Å². The van der Waals surface area contributed by atoms with Gasteiger partial charge in [-0.15, -0.1) is 0 Å². The van der Waals surface area contributed by atoms with Crippen molar-refractivity contribution in [2.75, 3.05) is 33.9 Å². The minimum absolute atomic E-state index is 0.173. The molecule has 1 unspecified atom stereocenters. The Labute approximate surface area is 129 Å². The van der Waals surface area contributed by atoms with Gasteiger partial charge in [0.2, 0.25) is 0 Å². The average Bonchev–Trinajstić information content (AvgIpc) is 3.29. The molecule has 3 heteroatoms. The third-order valence-corrected chi connectivity index (χ3v) is 4.46. The molecule has 0 bridgehead atoms. The predicted molar refractivity (Wildman–Crippen MR) is 88.5 cm³/mol. The van der Waals surface area contributed by atoms with Gasteiger partial charge in [-0.05, 0) is 30.9 Å². The van der Waals surface area contributed by atoms with Gasteiger partial charge in [-0.3, -0.25) is 4.90 Å². The van der Waals surface area contributed by atoms with E-state index in [0.717, 1.165) is 25.7 Å². The minimum atomic E-state index is 0.173. The van der Waals surface area contributed by atoms with E-state index in [1.54, 1.807) is 7.11 Å². The fraction of sp³-hybridized carbons (Fsp3) is 0.667. The predicted octanol–water partition coefficient (Wildman–Crippen LogP) is 3.08. The van der Waals surface area contributed by atoms with Crippen LogP contribution in [0.5, 0.6) is 0 Å². The van der Waals surface area contributed by atoms with Gasteiger partial charge in [-0.1, -0.05) is 44.2 Å². The summed E-state index contributed by atoms with van der Waals surface area (Å²) < 4.78 is 5.28. The summed E-state index contributed by atoms with van der Waals surface area (Å²) in [6.45, 7) is 7.69. The van der Waals surface area contributed by atoms with Crippen LogP contribution in [-0.4, -0.2) is 44.8 Å². The highest BCUT2D eigenvalue weighted by Gasteiger charge is 2.36. The van der Waals surface area contributed by atoms with Crippen LogP contribution >= 0.6 is 0 Å². The van der Waals surface area contributed by atoms with Crippen LogP contribution in [0.15, 0.2) is 30.3 Å². The third-order valence-electron chi connectivity index (χ3n) is 4.46. The van der Waals surface area contributed by atoms with Crippen molar-refractivity contribution in [2.45, 2.75) is 38.8 Å². The Morgan fingerprint density at radius 1 is 1.29 bits per heavy atom. The number of ether oxygens (including phenoxy) is 1. The monoisotopic (exact) mass is 290 g/mol. The summed E-state index contributed by atoms with van der Waals surface area (Å²) in [5.74, 6) is 0. The first kappa shape index (κ1) is 16.5. The van der Waals surface area contributed by atoms with Crippen LogP contribution < -0.4 is 5.32 Å². The zero-order valence-electron chi connectivity index (χ0n) is 13.9. The summed E-state index contributed by atoms with van der Waals surface area (Å²) >= 11 is 0. The molecule has 0 aromatic heterocycles. The second kappa shape index (κ2) is 7.39. The molecule has 0 spiro atoms. The van der Waals surface area contributed by atoms with E-state index >= 15 is 0 Å². The quantitative estimate of drug-likeness (QED) is 0.756. The lowest BCUT2D eigenvalue weighted by atomic mass is 9.80. The van der Waals surface area contributed by atoms with Crippen LogP contribution in [-0.2, 0) is 4.74 Å². The van der Waals surface area contributed by atoms with Gasteiger partial charge in [0.25, 0.3) is 0 Å². The number of methoxy groups -OCH3 is 1. The molecule has 1 saturated carbocycles. The lowest BCUT2D eigenvalue weighted by molar-refractivity contribution is 0.0958. The van der Waals surface area contributed by atoms with Gasteiger partial charge in [-0.25, -0.2) is 0 Å². The molecule has 0 amide bonds. The van der Waals surface area contributed by atoms with Crippen LogP contribution in [0.2, 0.25) is 0 Å². The fourth-order valence-corrected chi connectivity index (χ4v) is 3.31. The van der Waals surface area contributed by atoms with Gasteiger partial charge in [-0.2, -0.15) is 0 Å². The van der Waals surface area contributed by atoms with E-state index < -0.39 is 0 Å². The van der Waals surface area contributed by atoms with Crippen LogP contribution in [0.25, 0.3) is 0 Å². The first-order chi connectivity index (χ1) is 10.1. The van der Waals surface area contributed by atoms with Gasteiger partial charge in [0.15, 0.2) is 0 Å². The maximum Gasteiger partial charge on any atom is 0.0589 e. The molecule has 3 nitrogen and oxygen atoms in total. The highest BCUT2D eigenvalue weighted by atomic mass is 16.5. The van der Waals surface area contributed by atoms with Gasteiger partial charge in [0.1, 0.15) is 0 Å². The zero-order valence-corrected chi connectivity index (χ0v) is 13.9. The molecule has 1 aliphatic rings. The van der Waals surface area contributed by atoms with Crippen LogP contribution in [0, 0.1) is 5.41 Å². The van der Waals surface area contributed by atoms with E-state index in [9.17, 15) is 0 Å². The Hall–Kier alpha value is -0.900. The van der Waals surface area contributed by atoms with Gasteiger partial charge in [0, 0.05) is 32.3 Å². The van der Waals surface area contributed by atoms with Crippen molar-refractivity contribution in [3.05, 3.63) is 35.9 Å². The molecule has 21 heavy (non-hydrogen) atoms. The van der Waals surface area contributed by atoms with E-state index in [-0.39, 0.29) is 5.41 Å². The topological polar surface area (TPSA) is 24.5 Å². The molecule has 0 saturated heterocycles. The van der Waals surface area contributed by atoms with E-state index in [1.807, 2.05) is 0 Å². The van der Waals surface area contributed by atoms with Gasteiger partial charge >= 0.3 is 0 Å². The molecule has 0 radical (unpaired) electrons. The normalized spacial score (nSPS) is 17.2. The summed E-state index contributed by atoms with van der Waals surface area (Å²) in [5.41, 5.74) is 1.54. The summed E-state index contributed by atoms with van der Waals surface area (Å²) in [6.07, 6.45) is 2.69. The number of benzene rings is 1. The van der Waals surface area contributed by atoms with Gasteiger partial charge in [0.05, 0.1) is 6.61 Å². The highest BCUT2D eigenvalue weighted by Crippen LogP contribution is 2.37. The molecule has 1 N–H and O–H groups in total. The maximum absolute atomic E-state index is 5.28. The van der Waals surface area contributed by atoms with E-state index in [4.69, 9.17) is 4.74 Å². The van der Waals surface area contributed by atoms with Crippen LogP contribution in [0.1, 0.15) is 38.3 Å². The first-order valence-corrected chi connectivity index (χ1v) is 8.03.